The number of nitrogens with one attached hydrogen (secondary N) is 2. The van der Waals surface area contributed by atoms with Crippen LogP contribution >= 0.6 is 0 Å². The summed E-state index contributed by atoms with van der Waals surface area (Å²) >= 11 is 0. The highest BCUT2D eigenvalue weighted by atomic mass is 16.5. The third-order valence-corrected chi connectivity index (χ3v) is 8.05. The number of carbonyl (C=O) groups excluding carboxylic acids is 2. The van der Waals surface area contributed by atoms with Crippen LogP contribution in [0.5, 0.6) is 0 Å². The zero-order chi connectivity index (χ0) is 23.2. The van der Waals surface area contributed by atoms with E-state index < -0.39 is 0 Å². The van der Waals surface area contributed by atoms with Crippen LogP contribution in [0.15, 0.2) is 22.8 Å². The van der Waals surface area contributed by atoms with Crippen molar-refractivity contribution < 1.29 is 18.7 Å². The zero-order valence-electron chi connectivity index (χ0n) is 19.9. The van der Waals surface area contributed by atoms with E-state index in [1.807, 2.05) is 30.9 Å². The molecular formula is C26H35N3O4. The first-order chi connectivity index (χ1) is 15.9. The molecule has 4 aliphatic rings. The lowest BCUT2D eigenvalue weighted by atomic mass is 9.53. The van der Waals surface area contributed by atoms with Gasteiger partial charge in [-0.15, -0.1) is 0 Å². The highest BCUT2D eigenvalue weighted by Crippen LogP contribution is 2.55. The molecule has 178 valence electrons. The summed E-state index contributed by atoms with van der Waals surface area (Å²) in [4.78, 5) is 31.0. The normalized spacial score (nSPS) is 27.5. The molecule has 0 aliphatic heterocycles. The van der Waals surface area contributed by atoms with Crippen molar-refractivity contribution in [1.82, 2.24) is 15.2 Å². The molecule has 2 heterocycles. The largest absolute Gasteiger partial charge is 0.467 e. The van der Waals surface area contributed by atoms with Crippen LogP contribution in [0.1, 0.15) is 78.5 Å². The maximum atomic E-state index is 13.7. The minimum Gasteiger partial charge on any atom is -0.467 e. The number of hydrogen-bond donors (Lipinski definition) is 2. The van der Waals surface area contributed by atoms with Crippen molar-refractivity contribution in [2.24, 2.45) is 17.8 Å². The molecule has 0 atom stereocenters. The molecule has 4 bridgehead atoms. The maximum Gasteiger partial charge on any atom is 0.355 e. The molecule has 4 saturated carbocycles. The predicted molar refractivity (Wildman–Crippen MR) is 124 cm³/mol. The van der Waals surface area contributed by atoms with E-state index in [4.69, 9.17) is 9.15 Å². The first-order valence-corrected chi connectivity index (χ1v) is 12.3. The number of furan rings is 1. The van der Waals surface area contributed by atoms with Crippen LogP contribution in [0.25, 0.3) is 0 Å². The molecule has 0 unspecified atom stereocenters. The van der Waals surface area contributed by atoms with E-state index in [2.05, 4.69) is 10.3 Å². The lowest BCUT2D eigenvalue weighted by Crippen LogP contribution is -2.61. The minimum absolute atomic E-state index is 0.0500. The number of rotatable bonds is 7. The number of H-pyrrole nitrogens is 1. The number of aromatic nitrogens is 1. The fourth-order valence-electron chi connectivity index (χ4n) is 6.98. The predicted octanol–water partition coefficient (Wildman–Crippen LogP) is 5.08. The summed E-state index contributed by atoms with van der Waals surface area (Å²) in [6.45, 7) is 6.74. The molecule has 0 saturated heterocycles. The Balaban J connectivity index is 1.38. The monoisotopic (exact) mass is 453 g/mol. The van der Waals surface area contributed by atoms with Crippen molar-refractivity contribution in [1.29, 1.82) is 0 Å². The van der Waals surface area contributed by atoms with E-state index >= 15 is 0 Å². The van der Waals surface area contributed by atoms with Gasteiger partial charge in [-0.1, -0.05) is 0 Å². The van der Waals surface area contributed by atoms with Crippen LogP contribution in [-0.4, -0.2) is 34.0 Å². The second kappa shape index (κ2) is 8.58. The van der Waals surface area contributed by atoms with Gasteiger partial charge in [0.05, 0.1) is 19.4 Å². The number of nitrogens with zero attached hydrogens (tertiary/aromatic N) is 1. The second-order valence-electron chi connectivity index (χ2n) is 10.5. The Morgan fingerprint density at radius 3 is 2.39 bits per heavy atom. The van der Waals surface area contributed by atoms with E-state index in [9.17, 15) is 9.59 Å². The first-order valence-electron chi connectivity index (χ1n) is 12.3. The van der Waals surface area contributed by atoms with Gasteiger partial charge in [-0.05, 0) is 100 Å². The molecule has 4 aliphatic carbocycles. The molecule has 0 spiro atoms. The third-order valence-electron chi connectivity index (χ3n) is 8.05. The smallest absolute Gasteiger partial charge is 0.355 e. The topological polar surface area (TPSA) is 87.6 Å². The van der Waals surface area contributed by atoms with Crippen LogP contribution in [0.2, 0.25) is 0 Å². The summed E-state index contributed by atoms with van der Waals surface area (Å²) in [7, 11) is 0. The molecule has 7 heteroatoms. The van der Waals surface area contributed by atoms with Crippen molar-refractivity contribution >= 4 is 12.0 Å². The van der Waals surface area contributed by atoms with E-state index in [0.717, 1.165) is 59.6 Å². The van der Waals surface area contributed by atoms with Crippen molar-refractivity contribution in [3.8, 4) is 0 Å². The van der Waals surface area contributed by atoms with Gasteiger partial charge in [0, 0.05) is 17.8 Å². The summed E-state index contributed by atoms with van der Waals surface area (Å²) in [5.74, 6) is 2.66. The van der Waals surface area contributed by atoms with Gasteiger partial charge in [0.2, 0.25) is 0 Å². The highest BCUT2D eigenvalue weighted by Gasteiger charge is 2.51. The lowest BCUT2D eigenvalue weighted by Gasteiger charge is -2.57. The fraction of sp³-hybridized carbons (Fsp3) is 0.615. The van der Waals surface area contributed by atoms with E-state index in [1.165, 1.54) is 19.3 Å². The van der Waals surface area contributed by atoms with Gasteiger partial charge in [-0.2, -0.15) is 0 Å². The Kier molecular flexibility index (Phi) is 5.75. The molecule has 2 aromatic heterocycles. The highest BCUT2D eigenvalue weighted by molar-refractivity contribution is 5.90. The Bertz CT molecular complexity index is 987. The zero-order valence-corrected chi connectivity index (χ0v) is 19.9. The quantitative estimate of drug-likeness (QED) is 0.572. The van der Waals surface area contributed by atoms with Crippen molar-refractivity contribution in [3.63, 3.8) is 0 Å². The average Bonchev–Trinajstić information content (AvgIpc) is 3.35. The molecule has 33 heavy (non-hydrogen) atoms. The van der Waals surface area contributed by atoms with E-state index in [1.54, 1.807) is 13.2 Å². The SMILES string of the molecule is CCOC(=O)c1[nH]c(C)c(CN(Cc2ccco2)C(=O)NC23CC4CC(CC(C4)C2)C3)c1C. The summed E-state index contributed by atoms with van der Waals surface area (Å²) in [6, 6.07) is 3.69. The number of esters is 1. The Morgan fingerprint density at radius 1 is 1.15 bits per heavy atom. The van der Waals surface area contributed by atoms with Crippen LogP contribution in [0.3, 0.4) is 0 Å². The standard InChI is InChI=1S/C26H35N3O4/c1-4-32-24(30)23-16(2)22(17(3)27-23)15-29(14-21-6-5-7-33-21)25(31)28-26-11-18-8-19(12-26)10-20(9-18)13-26/h5-7,18-20,27H,4,8-15H2,1-3H3,(H,28,31). The fourth-order valence-corrected chi connectivity index (χ4v) is 6.98. The number of aromatic amines is 1. The maximum absolute atomic E-state index is 13.7. The van der Waals surface area contributed by atoms with Crippen LogP contribution < -0.4 is 5.32 Å². The Morgan fingerprint density at radius 2 is 1.82 bits per heavy atom. The number of aryl methyl sites for hydroxylation is 1. The van der Waals surface area contributed by atoms with Crippen LogP contribution in [0.4, 0.5) is 4.79 Å². The summed E-state index contributed by atoms with van der Waals surface area (Å²) in [6.07, 6.45) is 8.96. The van der Waals surface area contributed by atoms with Crippen LogP contribution in [-0.2, 0) is 17.8 Å². The van der Waals surface area contributed by atoms with Gasteiger partial charge >= 0.3 is 12.0 Å². The molecule has 0 aromatic carbocycles. The summed E-state index contributed by atoms with van der Waals surface area (Å²) < 4.78 is 10.8. The van der Waals surface area contributed by atoms with Gasteiger partial charge in [-0.25, -0.2) is 9.59 Å². The average molecular weight is 454 g/mol. The van der Waals surface area contributed by atoms with Gasteiger partial charge in [0.15, 0.2) is 0 Å². The van der Waals surface area contributed by atoms with Crippen molar-refractivity contribution in [2.75, 3.05) is 6.61 Å². The number of amides is 2. The Hall–Kier alpha value is -2.70. The molecule has 2 N–H and O–H groups in total. The molecule has 2 aromatic rings. The van der Waals surface area contributed by atoms with E-state index in [0.29, 0.717) is 25.4 Å². The number of ether oxygens (including phenoxy) is 1. The molecular weight excluding hydrogens is 418 g/mol. The van der Waals surface area contributed by atoms with Gasteiger partial charge < -0.3 is 24.4 Å². The number of urea groups is 1. The number of carbonyl (C=O) groups is 2. The Labute approximate surface area is 195 Å². The molecule has 2 amide bonds. The van der Waals surface area contributed by atoms with Crippen LogP contribution in [0, 0.1) is 31.6 Å². The van der Waals surface area contributed by atoms with Crippen molar-refractivity contribution in [3.05, 3.63) is 46.7 Å². The van der Waals surface area contributed by atoms with Gasteiger partial charge in [0.1, 0.15) is 11.5 Å². The number of hydrogen-bond acceptors (Lipinski definition) is 4. The first kappa shape index (κ1) is 22.1. The molecule has 7 nitrogen and oxygen atoms in total. The van der Waals surface area contributed by atoms with Crippen molar-refractivity contribution in [2.45, 2.75) is 77.9 Å². The third kappa shape index (κ3) is 4.30. The molecule has 4 fully saturated rings. The second-order valence-corrected chi connectivity index (χ2v) is 10.5. The summed E-state index contributed by atoms with van der Waals surface area (Å²) in [5.41, 5.74) is 3.06. The minimum atomic E-state index is -0.361. The van der Waals surface area contributed by atoms with Gasteiger partial charge in [0.25, 0.3) is 0 Å². The lowest BCUT2D eigenvalue weighted by molar-refractivity contribution is -0.0160. The van der Waals surface area contributed by atoms with Gasteiger partial charge in [-0.3, -0.25) is 0 Å². The molecule has 0 radical (unpaired) electrons. The molecule has 6 rings (SSSR count). The summed E-state index contributed by atoms with van der Waals surface area (Å²) in [5, 5.41) is 3.49. The van der Waals surface area contributed by atoms with E-state index in [-0.39, 0.29) is 17.5 Å².